The molecule has 2 aliphatic heterocycles. The molecule has 2 aliphatic carbocycles. The fourth-order valence-electron chi connectivity index (χ4n) is 6.75. The average molecular weight is 473 g/mol. The van der Waals surface area contributed by atoms with E-state index in [1.807, 2.05) is 38.1 Å². The molecule has 0 radical (unpaired) electrons. The first kappa shape index (κ1) is 22.0. The van der Waals surface area contributed by atoms with Crippen molar-refractivity contribution in [3.8, 4) is 5.75 Å². The van der Waals surface area contributed by atoms with Gasteiger partial charge in [0.25, 0.3) is 0 Å². The molecule has 2 heterocycles. The minimum absolute atomic E-state index is 0.0826. The highest BCUT2D eigenvalue weighted by molar-refractivity contribution is 6.23. The van der Waals surface area contributed by atoms with Crippen molar-refractivity contribution in [1.82, 2.24) is 0 Å². The summed E-state index contributed by atoms with van der Waals surface area (Å²) in [6.45, 7) is 4.03. The Morgan fingerprint density at radius 1 is 0.886 bits per heavy atom. The Morgan fingerprint density at radius 2 is 1.57 bits per heavy atom. The molecule has 180 valence electrons. The van der Waals surface area contributed by atoms with E-state index in [0.717, 1.165) is 30.5 Å². The quantitative estimate of drug-likeness (QED) is 0.384. The van der Waals surface area contributed by atoms with Gasteiger partial charge >= 0.3 is 5.97 Å². The van der Waals surface area contributed by atoms with E-state index in [1.165, 1.54) is 4.90 Å². The number of aryl methyl sites for hydroxylation is 2. The van der Waals surface area contributed by atoms with Crippen molar-refractivity contribution in [3.05, 3.63) is 53.6 Å². The van der Waals surface area contributed by atoms with E-state index < -0.39 is 11.9 Å². The van der Waals surface area contributed by atoms with Gasteiger partial charge in [-0.15, -0.1) is 0 Å². The summed E-state index contributed by atoms with van der Waals surface area (Å²) in [6, 6.07) is 12.6. The van der Waals surface area contributed by atoms with Gasteiger partial charge in [0.05, 0.1) is 23.4 Å². The fourth-order valence-corrected chi connectivity index (χ4v) is 6.75. The summed E-state index contributed by atoms with van der Waals surface area (Å²) in [5.41, 5.74) is 3.05. The minimum atomic E-state index is -0.557. The van der Waals surface area contributed by atoms with Crippen LogP contribution >= 0.6 is 0 Å². The number of benzene rings is 2. The molecule has 7 nitrogen and oxygen atoms in total. The summed E-state index contributed by atoms with van der Waals surface area (Å²) >= 11 is 0. The number of carbonyl (C=O) groups is 4. The SMILES string of the molecule is Cc1ccccc1N1C[C@H](C(=O)Oc2ccc(N3C(=O)[C@H]4[C@H]5CC[C@@H](C5)[C@@H]4C3=O)c(C)c2)CC1=O. The van der Waals surface area contributed by atoms with Crippen LogP contribution in [-0.2, 0) is 19.2 Å². The smallest absolute Gasteiger partial charge is 0.316 e. The van der Waals surface area contributed by atoms with Crippen molar-refractivity contribution in [2.45, 2.75) is 39.5 Å². The number of ether oxygens (including phenoxy) is 1. The van der Waals surface area contributed by atoms with Gasteiger partial charge in [-0.3, -0.25) is 19.2 Å². The van der Waals surface area contributed by atoms with E-state index in [9.17, 15) is 19.2 Å². The van der Waals surface area contributed by atoms with Gasteiger partial charge in [0.1, 0.15) is 5.75 Å². The molecule has 2 saturated carbocycles. The molecule has 4 fully saturated rings. The molecule has 0 N–H and O–H groups in total. The summed E-state index contributed by atoms with van der Waals surface area (Å²) in [4.78, 5) is 54.8. The number of imide groups is 1. The Balaban J connectivity index is 1.16. The van der Waals surface area contributed by atoms with Crippen LogP contribution in [0.4, 0.5) is 11.4 Å². The van der Waals surface area contributed by atoms with Crippen LogP contribution in [-0.4, -0.2) is 30.2 Å². The Morgan fingerprint density at radius 3 is 2.23 bits per heavy atom. The zero-order valence-electron chi connectivity index (χ0n) is 19.9. The highest BCUT2D eigenvalue weighted by atomic mass is 16.5. The van der Waals surface area contributed by atoms with Crippen molar-refractivity contribution in [1.29, 1.82) is 0 Å². The third-order valence-corrected chi connectivity index (χ3v) is 8.42. The molecule has 2 aromatic carbocycles. The number of fused-ring (bicyclic) bond motifs is 5. The number of para-hydroxylation sites is 1. The lowest BCUT2D eigenvalue weighted by atomic mass is 9.81. The van der Waals surface area contributed by atoms with Crippen LogP contribution in [0.15, 0.2) is 42.5 Å². The topological polar surface area (TPSA) is 84.0 Å². The molecular formula is C28H28N2O5. The lowest BCUT2D eigenvalue weighted by Crippen LogP contribution is -2.33. The molecule has 5 atom stereocenters. The van der Waals surface area contributed by atoms with Gasteiger partial charge in [0, 0.05) is 18.7 Å². The highest BCUT2D eigenvalue weighted by Crippen LogP contribution is 2.56. The number of rotatable bonds is 4. The molecule has 2 saturated heterocycles. The number of hydrogen-bond acceptors (Lipinski definition) is 5. The molecule has 6 rings (SSSR count). The van der Waals surface area contributed by atoms with Gasteiger partial charge in [-0.25, -0.2) is 4.90 Å². The Hall–Kier alpha value is -3.48. The van der Waals surface area contributed by atoms with E-state index in [0.29, 0.717) is 28.8 Å². The van der Waals surface area contributed by atoms with Crippen molar-refractivity contribution < 1.29 is 23.9 Å². The second kappa shape index (κ2) is 8.04. The molecule has 2 bridgehead atoms. The molecule has 0 aromatic heterocycles. The standard InChI is InChI=1S/C28H28N2O5/c1-15-5-3-4-6-21(15)29-14-19(13-23(29)31)28(34)35-20-9-10-22(16(2)11-20)30-26(32)24-17-7-8-18(12-17)25(24)27(30)33/h3-6,9-11,17-19,24-25H,7-8,12-14H2,1-2H3/t17-,18-,19+,24-,25-/m0/s1. The van der Waals surface area contributed by atoms with Gasteiger partial charge < -0.3 is 9.64 Å². The van der Waals surface area contributed by atoms with Crippen molar-refractivity contribution in [2.24, 2.45) is 29.6 Å². The molecule has 0 spiro atoms. The van der Waals surface area contributed by atoms with E-state index in [1.54, 1.807) is 23.1 Å². The average Bonchev–Trinajstić information content (AvgIpc) is 3.59. The second-order valence-corrected chi connectivity index (χ2v) is 10.5. The van der Waals surface area contributed by atoms with E-state index in [2.05, 4.69) is 0 Å². The van der Waals surface area contributed by atoms with E-state index in [4.69, 9.17) is 4.74 Å². The summed E-state index contributed by atoms with van der Waals surface area (Å²) in [5.74, 6) is -0.610. The lowest BCUT2D eigenvalue weighted by Gasteiger charge is -2.20. The Bertz CT molecular complexity index is 1240. The van der Waals surface area contributed by atoms with Gasteiger partial charge in [-0.1, -0.05) is 18.2 Å². The van der Waals surface area contributed by atoms with Crippen molar-refractivity contribution >= 4 is 35.1 Å². The van der Waals surface area contributed by atoms with Gasteiger partial charge in [0.2, 0.25) is 17.7 Å². The van der Waals surface area contributed by atoms with Gasteiger partial charge in [0.15, 0.2) is 0 Å². The number of hydrogen-bond donors (Lipinski definition) is 0. The second-order valence-electron chi connectivity index (χ2n) is 10.5. The monoisotopic (exact) mass is 472 g/mol. The van der Waals surface area contributed by atoms with Crippen LogP contribution in [0.1, 0.15) is 36.8 Å². The summed E-state index contributed by atoms with van der Waals surface area (Å²) < 4.78 is 5.63. The van der Waals surface area contributed by atoms with Crippen LogP contribution in [0.3, 0.4) is 0 Å². The maximum atomic E-state index is 13.2. The third kappa shape index (κ3) is 3.39. The molecule has 4 aliphatic rings. The molecule has 3 amide bonds. The van der Waals surface area contributed by atoms with Crippen LogP contribution in [0.2, 0.25) is 0 Å². The fraction of sp³-hybridized carbons (Fsp3) is 0.429. The molecule has 35 heavy (non-hydrogen) atoms. The summed E-state index contributed by atoms with van der Waals surface area (Å²) in [5, 5.41) is 0. The van der Waals surface area contributed by atoms with Crippen LogP contribution in [0, 0.1) is 43.4 Å². The van der Waals surface area contributed by atoms with Crippen molar-refractivity contribution in [2.75, 3.05) is 16.3 Å². The summed E-state index contributed by atoms with van der Waals surface area (Å²) in [6.07, 6.45) is 3.18. The summed E-state index contributed by atoms with van der Waals surface area (Å²) in [7, 11) is 0. The number of nitrogens with zero attached hydrogens (tertiary/aromatic N) is 2. The van der Waals surface area contributed by atoms with Crippen molar-refractivity contribution in [3.63, 3.8) is 0 Å². The Labute approximate surface area is 204 Å². The number of amides is 3. The lowest BCUT2D eigenvalue weighted by molar-refractivity contribution is -0.139. The number of carbonyl (C=O) groups excluding carboxylic acids is 4. The van der Waals surface area contributed by atoms with E-state index >= 15 is 0 Å². The molecule has 0 unspecified atom stereocenters. The maximum Gasteiger partial charge on any atom is 0.316 e. The van der Waals surface area contributed by atoms with Crippen LogP contribution in [0.25, 0.3) is 0 Å². The zero-order valence-corrected chi connectivity index (χ0v) is 19.9. The molecule has 7 heteroatoms. The highest BCUT2D eigenvalue weighted by Gasteiger charge is 2.61. The first-order valence-corrected chi connectivity index (χ1v) is 12.4. The van der Waals surface area contributed by atoms with Gasteiger partial charge in [-0.2, -0.15) is 0 Å². The predicted octanol–water partition coefficient (Wildman–Crippen LogP) is 3.80. The zero-order chi connectivity index (χ0) is 24.4. The maximum absolute atomic E-state index is 13.2. The molecular weight excluding hydrogens is 444 g/mol. The predicted molar refractivity (Wildman–Crippen MR) is 129 cm³/mol. The number of esters is 1. The third-order valence-electron chi connectivity index (χ3n) is 8.42. The number of anilines is 2. The van der Waals surface area contributed by atoms with E-state index in [-0.39, 0.29) is 42.5 Å². The van der Waals surface area contributed by atoms with Gasteiger partial charge in [-0.05, 0) is 80.3 Å². The first-order valence-electron chi connectivity index (χ1n) is 12.4. The first-order chi connectivity index (χ1) is 16.8. The van der Waals surface area contributed by atoms with Crippen LogP contribution in [0.5, 0.6) is 5.75 Å². The minimum Gasteiger partial charge on any atom is -0.426 e. The van der Waals surface area contributed by atoms with Crippen LogP contribution < -0.4 is 14.5 Å². The molecule has 2 aromatic rings. The largest absolute Gasteiger partial charge is 0.426 e. The normalized spacial score (nSPS) is 29.3. The Kier molecular flexibility index (Phi) is 5.06.